The fraction of sp³-hybridized carbons (Fsp3) is 0.348. The van der Waals surface area contributed by atoms with E-state index in [1.165, 1.54) is 17.3 Å². The van der Waals surface area contributed by atoms with Gasteiger partial charge in [-0.25, -0.2) is 0 Å². The Labute approximate surface area is 181 Å². The van der Waals surface area contributed by atoms with Gasteiger partial charge < -0.3 is 10.1 Å². The van der Waals surface area contributed by atoms with Gasteiger partial charge >= 0.3 is 0 Å². The fourth-order valence-electron chi connectivity index (χ4n) is 3.56. The third-order valence-corrected chi connectivity index (χ3v) is 6.07. The zero-order valence-corrected chi connectivity index (χ0v) is 17.9. The van der Waals surface area contributed by atoms with Crippen molar-refractivity contribution in [2.24, 2.45) is 0 Å². The van der Waals surface area contributed by atoms with Crippen LogP contribution in [0.15, 0.2) is 59.8 Å². The molecule has 4 rings (SSSR count). The average molecular weight is 423 g/mol. The molecule has 1 saturated heterocycles. The number of para-hydroxylation sites is 1. The lowest BCUT2D eigenvalue weighted by Gasteiger charge is -2.13. The van der Waals surface area contributed by atoms with E-state index in [1.807, 2.05) is 30.3 Å². The molecule has 1 unspecified atom stereocenters. The summed E-state index contributed by atoms with van der Waals surface area (Å²) in [6.07, 6.45) is 2.90. The van der Waals surface area contributed by atoms with Crippen molar-refractivity contribution < 1.29 is 9.53 Å². The number of thioether (sulfide) groups is 1. The van der Waals surface area contributed by atoms with E-state index in [4.69, 9.17) is 4.74 Å². The number of carbonyl (C=O) groups excluding carboxylic acids is 1. The highest BCUT2D eigenvalue weighted by Gasteiger charge is 2.19. The summed E-state index contributed by atoms with van der Waals surface area (Å²) in [5.74, 6) is 1.14. The van der Waals surface area contributed by atoms with E-state index < -0.39 is 0 Å². The molecule has 1 atom stereocenters. The van der Waals surface area contributed by atoms with Crippen molar-refractivity contribution in [1.82, 2.24) is 20.1 Å². The highest BCUT2D eigenvalue weighted by Crippen LogP contribution is 2.25. The standard InChI is InChI=1S/C23H26N4O2S/c1-17-8-5-6-12-20(17)27-21(14-18-9-3-2-4-10-18)25-26-23(27)30-16-22(28)24-15-19-11-7-13-29-19/h2-6,8-10,12,19H,7,11,13-16H2,1H3,(H,24,28). The minimum absolute atomic E-state index is 0.0144. The van der Waals surface area contributed by atoms with Crippen LogP contribution in [0.2, 0.25) is 0 Å². The molecule has 1 aromatic heterocycles. The highest BCUT2D eigenvalue weighted by molar-refractivity contribution is 7.99. The van der Waals surface area contributed by atoms with Gasteiger partial charge in [0.05, 0.1) is 17.5 Å². The zero-order valence-electron chi connectivity index (χ0n) is 17.1. The second kappa shape index (κ2) is 9.91. The number of carbonyl (C=O) groups is 1. The topological polar surface area (TPSA) is 69.0 Å². The minimum atomic E-state index is -0.0144. The molecule has 0 saturated carbocycles. The molecule has 1 aliphatic heterocycles. The molecule has 0 aliphatic carbocycles. The number of ether oxygens (including phenoxy) is 1. The van der Waals surface area contributed by atoms with Crippen LogP contribution in [-0.4, -0.2) is 45.7 Å². The molecule has 2 aromatic carbocycles. The average Bonchev–Trinajstić information content (AvgIpc) is 3.42. The third-order valence-electron chi connectivity index (χ3n) is 5.15. The Morgan fingerprint density at radius 2 is 1.97 bits per heavy atom. The highest BCUT2D eigenvalue weighted by atomic mass is 32.2. The van der Waals surface area contributed by atoms with Gasteiger partial charge in [0.15, 0.2) is 5.16 Å². The fourth-order valence-corrected chi connectivity index (χ4v) is 4.35. The Morgan fingerprint density at radius 1 is 1.17 bits per heavy atom. The summed E-state index contributed by atoms with van der Waals surface area (Å²) in [4.78, 5) is 12.3. The van der Waals surface area contributed by atoms with Gasteiger partial charge in [-0.05, 0) is 37.0 Å². The van der Waals surface area contributed by atoms with Gasteiger partial charge in [-0.15, -0.1) is 10.2 Å². The lowest BCUT2D eigenvalue weighted by Crippen LogP contribution is -2.32. The number of benzene rings is 2. The Bertz CT molecular complexity index is 984. The summed E-state index contributed by atoms with van der Waals surface area (Å²) in [6.45, 7) is 3.44. The lowest BCUT2D eigenvalue weighted by molar-refractivity contribution is -0.119. The van der Waals surface area contributed by atoms with Crippen LogP contribution in [0.5, 0.6) is 0 Å². The molecule has 0 bridgehead atoms. The van der Waals surface area contributed by atoms with Crippen molar-refractivity contribution in [3.63, 3.8) is 0 Å². The van der Waals surface area contributed by atoms with Crippen molar-refractivity contribution in [3.05, 3.63) is 71.5 Å². The van der Waals surface area contributed by atoms with Gasteiger partial charge in [0.2, 0.25) is 5.91 Å². The first-order valence-electron chi connectivity index (χ1n) is 10.3. The third kappa shape index (κ3) is 5.09. The molecular formula is C23H26N4O2S. The summed E-state index contributed by atoms with van der Waals surface area (Å²) < 4.78 is 7.64. The van der Waals surface area contributed by atoms with E-state index in [9.17, 15) is 4.79 Å². The van der Waals surface area contributed by atoms with Crippen LogP contribution >= 0.6 is 11.8 Å². The van der Waals surface area contributed by atoms with Gasteiger partial charge in [-0.3, -0.25) is 9.36 Å². The number of aromatic nitrogens is 3. The number of nitrogens with zero attached hydrogens (tertiary/aromatic N) is 3. The maximum Gasteiger partial charge on any atom is 0.230 e. The zero-order chi connectivity index (χ0) is 20.8. The van der Waals surface area contributed by atoms with Crippen LogP contribution in [0.25, 0.3) is 5.69 Å². The molecule has 6 nitrogen and oxygen atoms in total. The maximum atomic E-state index is 12.3. The van der Waals surface area contributed by atoms with Crippen LogP contribution in [0.1, 0.15) is 29.8 Å². The normalized spacial score (nSPS) is 16.0. The van der Waals surface area contributed by atoms with Crippen molar-refractivity contribution in [2.75, 3.05) is 18.9 Å². The number of rotatable bonds is 8. The summed E-state index contributed by atoms with van der Waals surface area (Å²) in [5.41, 5.74) is 3.34. The largest absolute Gasteiger partial charge is 0.376 e. The molecule has 1 fully saturated rings. The van der Waals surface area contributed by atoms with E-state index in [0.717, 1.165) is 41.7 Å². The molecule has 2 heterocycles. The first kappa shape index (κ1) is 20.6. The number of aryl methyl sites for hydroxylation is 1. The van der Waals surface area contributed by atoms with Crippen LogP contribution in [0, 0.1) is 6.92 Å². The number of nitrogens with one attached hydrogen (secondary N) is 1. The SMILES string of the molecule is Cc1ccccc1-n1c(Cc2ccccc2)nnc1SCC(=O)NCC1CCCO1. The van der Waals surface area contributed by atoms with Crippen LogP contribution < -0.4 is 5.32 Å². The molecule has 30 heavy (non-hydrogen) atoms. The van der Waals surface area contributed by atoms with E-state index in [-0.39, 0.29) is 12.0 Å². The Morgan fingerprint density at radius 3 is 2.73 bits per heavy atom. The molecule has 1 aliphatic rings. The Balaban J connectivity index is 1.50. The van der Waals surface area contributed by atoms with Crippen molar-refractivity contribution in [3.8, 4) is 5.69 Å². The molecule has 1 N–H and O–H groups in total. The number of hydrogen-bond acceptors (Lipinski definition) is 5. The van der Waals surface area contributed by atoms with Gasteiger partial charge in [-0.1, -0.05) is 60.3 Å². The Kier molecular flexibility index (Phi) is 6.81. The maximum absolute atomic E-state index is 12.3. The van der Waals surface area contributed by atoms with Crippen molar-refractivity contribution >= 4 is 17.7 Å². The number of amides is 1. The first-order chi connectivity index (χ1) is 14.7. The van der Waals surface area contributed by atoms with E-state index in [1.54, 1.807) is 0 Å². The lowest BCUT2D eigenvalue weighted by atomic mass is 10.1. The molecule has 156 valence electrons. The van der Waals surface area contributed by atoms with Crippen molar-refractivity contribution in [2.45, 2.75) is 37.4 Å². The molecule has 7 heteroatoms. The summed E-state index contributed by atoms with van der Waals surface area (Å²) in [7, 11) is 0. The Hall–Kier alpha value is -2.64. The first-order valence-corrected chi connectivity index (χ1v) is 11.2. The predicted molar refractivity (Wildman–Crippen MR) is 118 cm³/mol. The van der Waals surface area contributed by atoms with E-state index in [0.29, 0.717) is 18.7 Å². The van der Waals surface area contributed by atoms with Gasteiger partial charge in [0.1, 0.15) is 5.82 Å². The van der Waals surface area contributed by atoms with E-state index >= 15 is 0 Å². The molecule has 0 spiro atoms. The summed E-state index contributed by atoms with van der Waals surface area (Å²) >= 11 is 1.41. The number of hydrogen-bond donors (Lipinski definition) is 1. The minimum Gasteiger partial charge on any atom is -0.376 e. The molecule has 3 aromatic rings. The van der Waals surface area contributed by atoms with Gasteiger partial charge in [0, 0.05) is 19.6 Å². The quantitative estimate of drug-likeness (QED) is 0.562. The molecule has 0 radical (unpaired) electrons. The summed E-state index contributed by atoms with van der Waals surface area (Å²) in [5, 5.41) is 12.6. The van der Waals surface area contributed by atoms with Crippen LogP contribution in [0.4, 0.5) is 0 Å². The summed E-state index contributed by atoms with van der Waals surface area (Å²) in [6, 6.07) is 18.4. The predicted octanol–water partition coefficient (Wildman–Crippen LogP) is 3.55. The van der Waals surface area contributed by atoms with Crippen molar-refractivity contribution in [1.29, 1.82) is 0 Å². The van der Waals surface area contributed by atoms with Crippen LogP contribution in [0.3, 0.4) is 0 Å². The van der Waals surface area contributed by atoms with Crippen LogP contribution in [-0.2, 0) is 16.0 Å². The second-order valence-corrected chi connectivity index (χ2v) is 8.35. The van der Waals surface area contributed by atoms with Gasteiger partial charge in [0.25, 0.3) is 0 Å². The smallest absolute Gasteiger partial charge is 0.230 e. The van der Waals surface area contributed by atoms with E-state index in [2.05, 4.69) is 51.3 Å². The molecule has 1 amide bonds. The monoisotopic (exact) mass is 422 g/mol. The van der Waals surface area contributed by atoms with Gasteiger partial charge in [-0.2, -0.15) is 0 Å². The second-order valence-electron chi connectivity index (χ2n) is 7.41. The molecular weight excluding hydrogens is 396 g/mol.